The Labute approximate surface area is 87.9 Å². The van der Waals surface area contributed by atoms with E-state index in [1.165, 1.54) is 0 Å². The lowest BCUT2D eigenvalue weighted by molar-refractivity contribution is 0.157. The van der Waals surface area contributed by atoms with Gasteiger partial charge >= 0.3 is 0 Å². The fourth-order valence-electron chi connectivity index (χ4n) is 1.99. The fraction of sp³-hybridized carbons (Fsp3) is 0.455. The number of hydrogen-bond donors (Lipinski definition) is 1. The highest BCUT2D eigenvalue weighted by molar-refractivity contribution is 5.57. The molecule has 0 aliphatic carbocycles. The van der Waals surface area contributed by atoms with E-state index in [4.69, 9.17) is 19.9 Å². The third-order valence-corrected chi connectivity index (χ3v) is 2.77. The summed E-state index contributed by atoms with van der Waals surface area (Å²) in [5, 5.41) is 0. The summed E-state index contributed by atoms with van der Waals surface area (Å²) in [6, 6.07) is 3.92. The molecule has 0 spiro atoms. The molecule has 0 bridgehead atoms. The lowest BCUT2D eigenvalue weighted by atomic mass is 10.0. The maximum Gasteiger partial charge on any atom is 0.204 e. The van der Waals surface area contributed by atoms with Crippen molar-refractivity contribution >= 4 is 0 Å². The van der Waals surface area contributed by atoms with Crippen LogP contribution in [0.4, 0.5) is 0 Å². The van der Waals surface area contributed by atoms with Crippen molar-refractivity contribution < 1.29 is 14.2 Å². The minimum absolute atomic E-state index is 0.0459. The molecule has 4 heteroatoms. The molecular formula is C11H13NO3. The molecule has 15 heavy (non-hydrogen) atoms. The summed E-state index contributed by atoms with van der Waals surface area (Å²) in [6.45, 7) is 1.81. The zero-order valence-electron chi connectivity index (χ0n) is 8.36. The molecule has 1 aromatic carbocycles. The van der Waals surface area contributed by atoms with Gasteiger partial charge in [0.1, 0.15) is 13.2 Å². The lowest BCUT2D eigenvalue weighted by Crippen LogP contribution is -2.23. The summed E-state index contributed by atoms with van der Waals surface area (Å²) in [6.07, 6.45) is 0.854. The van der Waals surface area contributed by atoms with Crippen LogP contribution in [0.5, 0.6) is 17.2 Å². The van der Waals surface area contributed by atoms with E-state index in [-0.39, 0.29) is 6.04 Å². The van der Waals surface area contributed by atoms with Gasteiger partial charge in [-0.2, -0.15) is 0 Å². The molecule has 0 saturated carbocycles. The third kappa shape index (κ3) is 1.33. The van der Waals surface area contributed by atoms with Crippen LogP contribution in [-0.4, -0.2) is 19.8 Å². The SMILES string of the molecule is N[C@@H]1CCOc2c1ccc1c2OCCO1. The van der Waals surface area contributed by atoms with Crippen molar-refractivity contribution in [2.75, 3.05) is 19.8 Å². The predicted octanol–water partition coefficient (Wildman–Crippen LogP) is 1.24. The van der Waals surface area contributed by atoms with Crippen molar-refractivity contribution in [1.29, 1.82) is 0 Å². The Morgan fingerprint density at radius 3 is 2.73 bits per heavy atom. The Bertz CT molecular complexity index is 392. The van der Waals surface area contributed by atoms with Gasteiger partial charge in [0.25, 0.3) is 0 Å². The van der Waals surface area contributed by atoms with Crippen LogP contribution in [0.1, 0.15) is 18.0 Å². The normalized spacial score (nSPS) is 22.9. The highest BCUT2D eigenvalue weighted by Gasteiger charge is 2.26. The Morgan fingerprint density at radius 1 is 1.00 bits per heavy atom. The molecule has 0 saturated heterocycles. The summed E-state index contributed by atoms with van der Waals surface area (Å²) in [4.78, 5) is 0. The summed E-state index contributed by atoms with van der Waals surface area (Å²) < 4.78 is 16.7. The van der Waals surface area contributed by atoms with E-state index >= 15 is 0 Å². The molecule has 4 nitrogen and oxygen atoms in total. The smallest absolute Gasteiger partial charge is 0.204 e. The molecule has 0 unspecified atom stereocenters. The Balaban J connectivity index is 2.13. The van der Waals surface area contributed by atoms with Crippen LogP contribution in [0, 0.1) is 0 Å². The Morgan fingerprint density at radius 2 is 1.80 bits per heavy atom. The number of rotatable bonds is 0. The van der Waals surface area contributed by atoms with E-state index < -0.39 is 0 Å². The highest BCUT2D eigenvalue weighted by Crippen LogP contribution is 2.45. The number of hydrogen-bond acceptors (Lipinski definition) is 4. The average Bonchev–Trinajstić information content (AvgIpc) is 2.29. The summed E-state index contributed by atoms with van der Waals surface area (Å²) in [5.41, 5.74) is 7.02. The first-order chi connectivity index (χ1) is 7.36. The minimum atomic E-state index is 0.0459. The Hall–Kier alpha value is -1.42. The molecule has 2 heterocycles. The molecule has 3 rings (SSSR count). The number of nitrogens with two attached hydrogens (primary N) is 1. The molecule has 0 fully saturated rings. The molecule has 80 valence electrons. The topological polar surface area (TPSA) is 53.7 Å². The van der Waals surface area contributed by atoms with Crippen LogP contribution < -0.4 is 19.9 Å². The number of fused-ring (bicyclic) bond motifs is 3. The van der Waals surface area contributed by atoms with Crippen LogP contribution >= 0.6 is 0 Å². The molecular weight excluding hydrogens is 194 g/mol. The van der Waals surface area contributed by atoms with Crippen LogP contribution in [0.25, 0.3) is 0 Å². The number of ether oxygens (including phenoxy) is 3. The molecule has 2 aliphatic rings. The van der Waals surface area contributed by atoms with Gasteiger partial charge in [0, 0.05) is 18.0 Å². The van der Waals surface area contributed by atoms with Crippen molar-refractivity contribution in [2.45, 2.75) is 12.5 Å². The standard InChI is InChI=1S/C11H13NO3/c12-8-3-4-14-10-7(8)1-2-9-11(10)15-6-5-13-9/h1-2,8H,3-6,12H2/t8-/m1/s1. The van der Waals surface area contributed by atoms with Crippen molar-refractivity contribution in [3.63, 3.8) is 0 Å². The van der Waals surface area contributed by atoms with Crippen LogP contribution in [0.3, 0.4) is 0 Å². The van der Waals surface area contributed by atoms with Crippen molar-refractivity contribution in [1.82, 2.24) is 0 Å². The molecule has 0 radical (unpaired) electrons. The van der Waals surface area contributed by atoms with Crippen LogP contribution in [0.15, 0.2) is 12.1 Å². The first-order valence-corrected chi connectivity index (χ1v) is 5.17. The zero-order chi connectivity index (χ0) is 10.3. The second kappa shape index (κ2) is 3.31. The highest BCUT2D eigenvalue weighted by atomic mass is 16.6. The van der Waals surface area contributed by atoms with E-state index in [0.29, 0.717) is 25.6 Å². The van der Waals surface area contributed by atoms with Gasteiger partial charge in [-0.05, 0) is 12.1 Å². The second-order valence-electron chi connectivity index (χ2n) is 3.75. The zero-order valence-corrected chi connectivity index (χ0v) is 8.36. The molecule has 1 atom stereocenters. The van der Waals surface area contributed by atoms with Crippen molar-refractivity contribution in [3.8, 4) is 17.2 Å². The van der Waals surface area contributed by atoms with Crippen LogP contribution in [0.2, 0.25) is 0 Å². The molecule has 2 aliphatic heterocycles. The summed E-state index contributed by atoms with van der Waals surface area (Å²) >= 11 is 0. The predicted molar refractivity (Wildman–Crippen MR) is 54.5 cm³/mol. The van der Waals surface area contributed by atoms with E-state index in [1.807, 2.05) is 12.1 Å². The van der Waals surface area contributed by atoms with E-state index in [9.17, 15) is 0 Å². The summed E-state index contributed by atoms with van der Waals surface area (Å²) in [5.74, 6) is 2.24. The van der Waals surface area contributed by atoms with Gasteiger partial charge in [-0.3, -0.25) is 0 Å². The van der Waals surface area contributed by atoms with E-state index in [0.717, 1.165) is 23.5 Å². The average molecular weight is 207 g/mol. The summed E-state index contributed by atoms with van der Waals surface area (Å²) in [7, 11) is 0. The molecule has 1 aromatic rings. The van der Waals surface area contributed by atoms with Gasteiger partial charge < -0.3 is 19.9 Å². The van der Waals surface area contributed by atoms with Crippen molar-refractivity contribution in [3.05, 3.63) is 17.7 Å². The second-order valence-corrected chi connectivity index (χ2v) is 3.75. The fourth-order valence-corrected chi connectivity index (χ4v) is 1.99. The first-order valence-electron chi connectivity index (χ1n) is 5.17. The minimum Gasteiger partial charge on any atom is -0.489 e. The first kappa shape index (κ1) is 8.85. The maximum atomic E-state index is 6.00. The molecule has 0 aromatic heterocycles. The van der Waals surface area contributed by atoms with Gasteiger partial charge in [0.15, 0.2) is 11.5 Å². The van der Waals surface area contributed by atoms with Gasteiger partial charge in [-0.15, -0.1) is 0 Å². The molecule has 2 N–H and O–H groups in total. The Kier molecular flexibility index (Phi) is 1.95. The number of benzene rings is 1. The molecule has 0 amide bonds. The quantitative estimate of drug-likeness (QED) is 0.695. The van der Waals surface area contributed by atoms with Crippen molar-refractivity contribution in [2.24, 2.45) is 5.73 Å². The third-order valence-electron chi connectivity index (χ3n) is 2.77. The van der Waals surface area contributed by atoms with E-state index in [2.05, 4.69) is 0 Å². The lowest BCUT2D eigenvalue weighted by Gasteiger charge is -2.28. The van der Waals surface area contributed by atoms with Gasteiger partial charge in [-0.1, -0.05) is 0 Å². The van der Waals surface area contributed by atoms with Gasteiger partial charge in [-0.25, -0.2) is 0 Å². The van der Waals surface area contributed by atoms with Gasteiger partial charge in [0.05, 0.1) is 6.61 Å². The van der Waals surface area contributed by atoms with Crippen LogP contribution in [-0.2, 0) is 0 Å². The maximum absolute atomic E-state index is 6.00. The largest absolute Gasteiger partial charge is 0.489 e. The van der Waals surface area contributed by atoms with Gasteiger partial charge in [0.2, 0.25) is 5.75 Å². The monoisotopic (exact) mass is 207 g/mol. The van der Waals surface area contributed by atoms with E-state index in [1.54, 1.807) is 0 Å².